The number of nitrogens with zero attached hydrogens (tertiary/aromatic N) is 3. The molecule has 0 spiro atoms. The number of rotatable bonds is 6. The highest BCUT2D eigenvalue weighted by Crippen LogP contribution is 2.36. The highest BCUT2D eigenvalue weighted by Gasteiger charge is 2.34. The van der Waals surface area contributed by atoms with Gasteiger partial charge in [-0.2, -0.15) is 0 Å². The predicted octanol–water partition coefficient (Wildman–Crippen LogP) is 5.48. The van der Waals surface area contributed by atoms with E-state index in [0.29, 0.717) is 29.0 Å². The molecule has 1 saturated heterocycles. The van der Waals surface area contributed by atoms with Gasteiger partial charge >= 0.3 is 0 Å². The zero-order valence-electron chi connectivity index (χ0n) is 18.5. The van der Waals surface area contributed by atoms with Crippen molar-refractivity contribution in [3.8, 4) is 11.3 Å². The fraction of sp³-hybridized carbons (Fsp3) is 0.385. The van der Waals surface area contributed by atoms with E-state index in [-0.39, 0.29) is 17.5 Å². The van der Waals surface area contributed by atoms with Crippen molar-refractivity contribution in [1.82, 2.24) is 10.1 Å². The number of halogens is 2. The minimum absolute atomic E-state index is 0.0431. The average Bonchev–Trinajstić information content (AvgIpc) is 3.26. The molecule has 0 amide bonds. The minimum Gasteiger partial charge on any atom is -0.369 e. The molecular weight excluding hydrogens is 441 g/mol. The third-order valence-corrected chi connectivity index (χ3v) is 7.04. The smallest absolute Gasteiger partial charge is 0.171 e. The van der Waals surface area contributed by atoms with Crippen LogP contribution in [0.1, 0.15) is 35.4 Å². The molecule has 2 heterocycles. The van der Waals surface area contributed by atoms with Crippen LogP contribution in [0.4, 0.5) is 10.1 Å². The third kappa shape index (κ3) is 4.68. The number of fused-ring (bicyclic) bond motifs is 1. The quantitative estimate of drug-likeness (QED) is 0.480. The second-order valence-electron chi connectivity index (χ2n) is 8.86. The molecule has 2 aromatic carbocycles. The van der Waals surface area contributed by atoms with Gasteiger partial charge in [0.05, 0.1) is 5.56 Å². The van der Waals surface area contributed by atoms with Crippen molar-refractivity contribution in [2.45, 2.75) is 25.7 Å². The van der Waals surface area contributed by atoms with Crippen LogP contribution in [0, 0.1) is 11.7 Å². The summed E-state index contributed by atoms with van der Waals surface area (Å²) in [5.41, 5.74) is 2.32. The van der Waals surface area contributed by atoms with Gasteiger partial charge in [0.2, 0.25) is 0 Å². The molecule has 172 valence electrons. The normalized spacial score (nSPS) is 19.0. The van der Waals surface area contributed by atoms with Crippen LogP contribution in [-0.4, -0.2) is 48.6 Å². The lowest BCUT2D eigenvalue weighted by Crippen LogP contribution is -2.46. The van der Waals surface area contributed by atoms with E-state index in [1.807, 2.05) is 18.2 Å². The van der Waals surface area contributed by atoms with E-state index in [0.717, 1.165) is 57.0 Å². The Bertz CT molecular complexity index is 1140. The Morgan fingerprint density at radius 2 is 1.91 bits per heavy atom. The first-order chi connectivity index (χ1) is 16.1. The lowest BCUT2D eigenvalue weighted by atomic mass is 9.82. The summed E-state index contributed by atoms with van der Waals surface area (Å²) in [7, 11) is 0. The zero-order valence-corrected chi connectivity index (χ0v) is 19.2. The first-order valence-electron chi connectivity index (χ1n) is 11.6. The highest BCUT2D eigenvalue weighted by atomic mass is 35.5. The molecule has 1 atom stereocenters. The molecule has 7 heteroatoms. The van der Waals surface area contributed by atoms with Crippen molar-refractivity contribution in [2.24, 2.45) is 5.92 Å². The number of aromatic nitrogens is 1. The number of ketones is 1. The molecule has 1 aliphatic heterocycles. The maximum absolute atomic E-state index is 14.3. The van der Waals surface area contributed by atoms with E-state index in [4.69, 9.17) is 16.1 Å². The van der Waals surface area contributed by atoms with E-state index in [9.17, 15) is 9.18 Å². The highest BCUT2D eigenvalue weighted by molar-refractivity contribution is 6.30. The maximum Gasteiger partial charge on any atom is 0.171 e. The summed E-state index contributed by atoms with van der Waals surface area (Å²) in [5.74, 6) is 0.184. The number of Topliss-reactive ketones (excluding diaryl/α,β-unsaturated/α-hetero) is 1. The van der Waals surface area contributed by atoms with Gasteiger partial charge in [-0.3, -0.25) is 9.69 Å². The number of piperazine rings is 1. The first kappa shape index (κ1) is 22.1. The predicted molar refractivity (Wildman–Crippen MR) is 127 cm³/mol. The number of carbonyl (C=O) groups excluding carboxylic acids is 1. The summed E-state index contributed by atoms with van der Waals surface area (Å²) in [4.78, 5) is 18.1. The summed E-state index contributed by atoms with van der Waals surface area (Å²) in [6.45, 7) is 4.91. The molecule has 3 aromatic rings. The largest absolute Gasteiger partial charge is 0.369 e. The minimum atomic E-state index is -0.388. The van der Waals surface area contributed by atoms with Crippen molar-refractivity contribution in [1.29, 1.82) is 0 Å². The number of carbonyl (C=O) groups is 1. The second kappa shape index (κ2) is 9.65. The van der Waals surface area contributed by atoms with Crippen LogP contribution >= 0.6 is 11.6 Å². The lowest BCUT2D eigenvalue weighted by molar-refractivity contribution is 0.0884. The van der Waals surface area contributed by atoms with Gasteiger partial charge in [-0.25, -0.2) is 4.39 Å². The molecule has 33 heavy (non-hydrogen) atoms. The number of hydrogen-bond donors (Lipinski definition) is 0. The molecule has 1 unspecified atom stereocenters. The Balaban J connectivity index is 1.16. The van der Waals surface area contributed by atoms with E-state index < -0.39 is 0 Å². The maximum atomic E-state index is 14.3. The molecule has 0 N–H and O–H groups in total. The number of anilines is 1. The van der Waals surface area contributed by atoms with Crippen LogP contribution in [-0.2, 0) is 6.42 Å². The van der Waals surface area contributed by atoms with E-state index in [1.165, 1.54) is 11.8 Å². The fourth-order valence-corrected chi connectivity index (χ4v) is 5.15. The van der Waals surface area contributed by atoms with Gasteiger partial charge in [0, 0.05) is 54.8 Å². The average molecular weight is 468 g/mol. The first-order valence-corrected chi connectivity index (χ1v) is 12.0. The van der Waals surface area contributed by atoms with Crippen molar-refractivity contribution < 1.29 is 13.7 Å². The van der Waals surface area contributed by atoms with E-state index in [1.54, 1.807) is 18.2 Å². The van der Waals surface area contributed by atoms with Gasteiger partial charge in [0.1, 0.15) is 17.3 Å². The van der Waals surface area contributed by atoms with Crippen molar-refractivity contribution in [3.63, 3.8) is 0 Å². The molecule has 2 aliphatic rings. The second-order valence-corrected chi connectivity index (χ2v) is 9.30. The van der Waals surface area contributed by atoms with Crippen LogP contribution in [0.3, 0.4) is 0 Å². The number of hydrogen-bond acceptors (Lipinski definition) is 5. The lowest BCUT2D eigenvalue weighted by Gasteiger charge is -2.36. The molecule has 1 aliphatic carbocycles. The topological polar surface area (TPSA) is 49.6 Å². The van der Waals surface area contributed by atoms with Crippen LogP contribution in [0.5, 0.6) is 0 Å². The fourth-order valence-electron chi connectivity index (χ4n) is 4.97. The Hall–Kier alpha value is -2.70. The van der Waals surface area contributed by atoms with Gasteiger partial charge < -0.3 is 9.42 Å². The van der Waals surface area contributed by atoms with Gasteiger partial charge in [-0.05, 0) is 56.1 Å². The molecule has 1 aromatic heterocycles. The van der Waals surface area contributed by atoms with Crippen LogP contribution in [0.2, 0.25) is 5.02 Å². The molecule has 0 bridgehead atoms. The SMILES string of the molecule is O=C1c2c(-c3ccccc3F)noc2CCC1CCCN1CCN(c2cccc(Cl)c2)CC1. The standard InChI is InChI=1S/C26H27ClFN3O2/c27-19-6-3-7-20(17-19)31-15-13-30(14-16-31)12-4-5-18-10-11-23-24(26(18)32)25(29-33-23)21-8-1-2-9-22(21)28/h1-3,6-9,17-18H,4-5,10-16H2. The summed E-state index contributed by atoms with van der Waals surface area (Å²) < 4.78 is 19.7. The molecular formula is C26H27ClFN3O2. The Kier molecular flexibility index (Phi) is 6.47. The summed E-state index contributed by atoms with van der Waals surface area (Å²) in [6, 6.07) is 14.4. The van der Waals surface area contributed by atoms with Crippen LogP contribution < -0.4 is 4.90 Å². The van der Waals surface area contributed by atoms with Crippen molar-refractivity contribution in [2.75, 3.05) is 37.6 Å². The molecule has 1 fully saturated rings. The molecule has 0 radical (unpaired) electrons. The number of benzene rings is 2. The zero-order chi connectivity index (χ0) is 22.8. The molecule has 5 rings (SSSR count). The Morgan fingerprint density at radius 1 is 1.09 bits per heavy atom. The van der Waals surface area contributed by atoms with E-state index in [2.05, 4.69) is 21.0 Å². The van der Waals surface area contributed by atoms with Gasteiger partial charge in [-0.15, -0.1) is 0 Å². The summed E-state index contributed by atoms with van der Waals surface area (Å²) in [5, 5.41) is 4.81. The van der Waals surface area contributed by atoms with Gasteiger partial charge in [-0.1, -0.05) is 35.0 Å². The van der Waals surface area contributed by atoms with Crippen LogP contribution in [0.15, 0.2) is 53.1 Å². The van der Waals surface area contributed by atoms with Crippen LogP contribution in [0.25, 0.3) is 11.3 Å². The monoisotopic (exact) mass is 467 g/mol. The van der Waals surface area contributed by atoms with Gasteiger partial charge in [0.15, 0.2) is 5.78 Å². The van der Waals surface area contributed by atoms with Crippen molar-refractivity contribution in [3.05, 3.63) is 70.7 Å². The summed E-state index contributed by atoms with van der Waals surface area (Å²) in [6.07, 6.45) is 3.23. The van der Waals surface area contributed by atoms with Gasteiger partial charge in [0.25, 0.3) is 0 Å². The molecule has 5 nitrogen and oxygen atoms in total. The van der Waals surface area contributed by atoms with Crippen molar-refractivity contribution >= 4 is 23.1 Å². The molecule has 0 saturated carbocycles. The van der Waals surface area contributed by atoms with E-state index >= 15 is 0 Å². The third-order valence-electron chi connectivity index (χ3n) is 6.80. The summed E-state index contributed by atoms with van der Waals surface area (Å²) >= 11 is 6.13. The number of aryl methyl sites for hydroxylation is 1. The Labute approximate surface area is 198 Å². The Morgan fingerprint density at radius 3 is 2.70 bits per heavy atom.